The van der Waals surface area contributed by atoms with Crippen molar-refractivity contribution in [3.63, 3.8) is 0 Å². The third-order valence-corrected chi connectivity index (χ3v) is 2.74. The van der Waals surface area contributed by atoms with E-state index in [4.69, 9.17) is 15.0 Å². The average Bonchev–Trinajstić information content (AvgIpc) is 2.89. The third kappa shape index (κ3) is 2.78. The Bertz CT molecular complexity index is 322. The summed E-state index contributed by atoms with van der Waals surface area (Å²) in [6.07, 6.45) is 2.52. The second-order valence-corrected chi connectivity index (χ2v) is 4.09. The zero-order chi connectivity index (χ0) is 11.4. The fourth-order valence-corrected chi connectivity index (χ4v) is 1.93. The largest absolute Gasteiger partial charge is 0.375 e. The van der Waals surface area contributed by atoms with Gasteiger partial charge in [0, 0.05) is 13.7 Å². The quantitative estimate of drug-likeness (QED) is 0.778. The van der Waals surface area contributed by atoms with Crippen LogP contribution >= 0.6 is 0 Å². The predicted molar refractivity (Wildman–Crippen MR) is 57.6 cm³/mol. The first-order valence-electron chi connectivity index (χ1n) is 5.59. The smallest absolute Gasteiger partial charge is 0.252 e. The van der Waals surface area contributed by atoms with Crippen LogP contribution < -0.4 is 5.73 Å². The van der Waals surface area contributed by atoms with Gasteiger partial charge in [0.05, 0.1) is 6.04 Å². The first-order chi connectivity index (χ1) is 7.79. The Balaban J connectivity index is 1.89. The molecule has 0 aromatic carbocycles. The van der Waals surface area contributed by atoms with Gasteiger partial charge in [-0.1, -0.05) is 5.16 Å². The molecule has 1 aromatic rings. The van der Waals surface area contributed by atoms with Crippen LogP contribution in [-0.4, -0.2) is 41.8 Å². The van der Waals surface area contributed by atoms with E-state index in [-0.39, 0.29) is 6.04 Å². The first-order valence-corrected chi connectivity index (χ1v) is 5.59. The number of aromatic nitrogens is 2. The summed E-state index contributed by atoms with van der Waals surface area (Å²) < 4.78 is 9.91. The van der Waals surface area contributed by atoms with Crippen molar-refractivity contribution in [3.8, 4) is 0 Å². The summed E-state index contributed by atoms with van der Waals surface area (Å²) in [7, 11) is 1.59. The zero-order valence-corrected chi connectivity index (χ0v) is 9.56. The highest BCUT2D eigenvalue weighted by atomic mass is 16.5. The minimum atomic E-state index is -0.174. The number of rotatable bonds is 5. The summed E-state index contributed by atoms with van der Waals surface area (Å²) >= 11 is 0. The summed E-state index contributed by atoms with van der Waals surface area (Å²) in [6.45, 7) is 3.38. The van der Waals surface area contributed by atoms with Gasteiger partial charge in [-0.25, -0.2) is 0 Å². The van der Waals surface area contributed by atoms with E-state index < -0.39 is 0 Å². The SMILES string of the molecule is COCc1nc(C(N)CN2CCCC2)no1. The summed E-state index contributed by atoms with van der Waals surface area (Å²) in [5.74, 6) is 1.05. The number of ether oxygens (including phenoxy) is 1. The third-order valence-electron chi connectivity index (χ3n) is 2.74. The number of hydrogen-bond acceptors (Lipinski definition) is 6. The van der Waals surface area contributed by atoms with E-state index in [9.17, 15) is 0 Å². The van der Waals surface area contributed by atoms with Crippen molar-refractivity contribution in [1.29, 1.82) is 0 Å². The standard InChI is InChI=1S/C10H18N4O2/c1-15-7-9-12-10(13-16-9)8(11)6-14-4-2-3-5-14/h8H,2-7,11H2,1H3. The first kappa shape index (κ1) is 11.5. The lowest BCUT2D eigenvalue weighted by Crippen LogP contribution is -2.30. The maximum atomic E-state index is 6.02. The number of methoxy groups -OCH3 is 1. The van der Waals surface area contributed by atoms with Crippen molar-refractivity contribution >= 4 is 0 Å². The monoisotopic (exact) mass is 226 g/mol. The van der Waals surface area contributed by atoms with Crippen LogP contribution in [0.4, 0.5) is 0 Å². The Hall–Kier alpha value is -0.980. The molecule has 0 spiro atoms. The van der Waals surface area contributed by atoms with Crippen LogP contribution in [0.15, 0.2) is 4.52 Å². The molecule has 0 bridgehead atoms. The van der Waals surface area contributed by atoms with E-state index in [0.717, 1.165) is 19.6 Å². The molecule has 0 aliphatic carbocycles. The molecule has 2 N–H and O–H groups in total. The van der Waals surface area contributed by atoms with Crippen LogP contribution in [0.5, 0.6) is 0 Å². The zero-order valence-electron chi connectivity index (χ0n) is 9.56. The van der Waals surface area contributed by atoms with Gasteiger partial charge in [0.2, 0.25) is 0 Å². The topological polar surface area (TPSA) is 77.4 Å². The molecule has 6 heteroatoms. The van der Waals surface area contributed by atoms with Crippen LogP contribution in [-0.2, 0) is 11.3 Å². The summed E-state index contributed by atoms with van der Waals surface area (Å²) in [5, 5.41) is 3.86. The van der Waals surface area contributed by atoms with E-state index in [1.165, 1.54) is 12.8 Å². The Labute approximate surface area is 94.7 Å². The average molecular weight is 226 g/mol. The van der Waals surface area contributed by atoms with Crippen molar-refractivity contribution in [3.05, 3.63) is 11.7 Å². The Morgan fingerprint density at radius 2 is 2.25 bits per heavy atom. The van der Waals surface area contributed by atoms with Crippen LogP contribution in [0.1, 0.15) is 30.6 Å². The molecule has 2 rings (SSSR count). The molecule has 0 radical (unpaired) electrons. The lowest BCUT2D eigenvalue weighted by Gasteiger charge is -2.17. The molecule has 1 aromatic heterocycles. The lowest BCUT2D eigenvalue weighted by molar-refractivity contribution is 0.151. The molecule has 16 heavy (non-hydrogen) atoms. The molecule has 0 amide bonds. The van der Waals surface area contributed by atoms with Gasteiger partial charge in [0.25, 0.3) is 5.89 Å². The number of hydrogen-bond donors (Lipinski definition) is 1. The molecular formula is C10H18N4O2. The molecule has 1 atom stereocenters. The Morgan fingerprint density at radius 3 is 2.94 bits per heavy atom. The molecule has 1 unspecified atom stereocenters. The molecule has 1 saturated heterocycles. The summed E-state index contributed by atoms with van der Waals surface area (Å²) in [4.78, 5) is 6.52. The fraction of sp³-hybridized carbons (Fsp3) is 0.800. The second kappa shape index (κ2) is 5.38. The van der Waals surface area contributed by atoms with Crippen LogP contribution in [0, 0.1) is 0 Å². The number of nitrogens with two attached hydrogens (primary N) is 1. The van der Waals surface area contributed by atoms with Crippen molar-refractivity contribution in [2.75, 3.05) is 26.7 Å². The Kier molecular flexibility index (Phi) is 3.87. The molecule has 90 valence electrons. The van der Waals surface area contributed by atoms with Gasteiger partial charge in [0.15, 0.2) is 5.82 Å². The van der Waals surface area contributed by atoms with Crippen LogP contribution in [0.3, 0.4) is 0 Å². The van der Waals surface area contributed by atoms with E-state index in [2.05, 4.69) is 15.0 Å². The molecule has 0 saturated carbocycles. The van der Waals surface area contributed by atoms with E-state index >= 15 is 0 Å². The molecule has 2 heterocycles. The van der Waals surface area contributed by atoms with Crippen LogP contribution in [0.2, 0.25) is 0 Å². The highest BCUT2D eigenvalue weighted by Gasteiger charge is 2.19. The molecule has 6 nitrogen and oxygen atoms in total. The van der Waals surface area contributed by atoms with Gasteiger partial charge in [-0.05, 0) is 25.9 Å². The predicted octanol–water partition coefficient (Wildman–Crippen LogP) is 0.312. The van der Waals surface area contributed by atoms with Crippen molar-refractivity contribution in [1.82, 2.24) is 15.0 Å². The van der Waals surface area contributed by atoms with Gasteiger partial charge < -0.3 is 19.9 Å². The second-order valence-electron chi connectivity index (χ2n) is 4.09. The molecule has 1 aliphatic heterocycles. The minimum absolute atomic E-state index is 0.174. The van der Waals surface area contributed by atoms with Crippen LogP contribution in [0.25, 0.3) is 0 Å². The summed E-state index contributed by atoms with van der Waals surface area (Å²) in [5.41, 5.74) is 6.02. The van der Waals surface area contributed by atoms with Crippen molar-refractivity contribution in [2.45, 2.75) is 25.5 Å². The van der Waals surface area contributed by atoms with E-state index in [1.807, 2.05) is 0 Å². The number of nitrogens with zero attached hydrogens (tertiary/aromatic N) is 3. The molecular weight excluding hydrogens is 208 g/mol. The number of likely N-dealkylation sites (tertiary alicyclic amines) is 1. The van der Waals surface area contributed by atoms with Gasteiger partial charge >= 0.3 is 0 Å². The van der Waals surface area contributed by atoms with Gasteiger partial charge in [-0.15, -0.1) is 0 Å². The van der Waals surface area contributed by atoms with Crippen molar-refractivity contribution < 1.29 is 9.26 Å². The lowest BCUT2D eigenvalue weighted by atomic mass is 10.3. The van der Waals surface area contributed by atoms with Gasteiger partial charge in [-0.2, -0.15) is 4.98 Å². The maximum absolute atomic E-state index is 6.02. The maximum Gasteiger partial charge on any atom is 0.252 e. The van der Waals surface area contributed by atoms with E-state index in [0.29, 0.717) is 18.3 Å². The highest BCUT2D eigenvalue weighted by Crippen LogP contribution is 2.13. The van der Waals surface area contributed by atoms with E-state index in [1.54, 1.807) is 7.11 Å². The Morgan fingerprint density at radius 1 is 1.50 bits per heavy atom. The van der Waals surface area contributed by atoms with Crippen molar-refractivity contribution in [2.24, 2.45) is 5.73 Å². The highest BCUT2D eigenvalue weighted by molar-refractivity contribution is 4.94. The minimum Gasteiger partial charge on any atom is -0.375 e. The van der Waals surface area contributed by atoms with Gasteiger partial charge in [-0.3, -0.25) is 0 Å². The fourth-order valence-electron chi connectivity index (χ4n) is 1.93. The molecule has 1 aliphatic rings. The molecule has 1 fully saturated rings. The normalized spacial score (nSPS) is 19.1. The summed E-state index contributed by atoms with van der Waals surface area (Å²) in [6, 6.07) is -0.174. The van der Waals surface area contributed by atoms with Gasteiger partial charge in [0.1, 0.15) is 6.61 Å².